The summed E-state index contributed by atoms with van der Waals surface area (Å²) in [6.45, 7) is 0.246. The summed E-state index contributed by atoms with van der Waals surface area (Å²) in [4.78, 5) is 25.0. The van der Waals surface area contributed by atoms with Gasteiger partial charge in [-0.05, 0) is 24.8 Å². The first-order valence-electron chi connectivity index (χ1n) is 5.32. The standard InChI is InChI=1S/C11H14N2O3/c14-9(7-1-2-7)6-13-11(16)8-3-4-12-10(15)5-8/h3-5,7,9,14H,1-2,6H2,(H,12,15)(H,13,16). The number of hydrogen-bond donors (Lipinski definition) is 3. The third-order valence-corrected chi connectivity index (χ3v) is 2.68. The molecule has 0 aliphatic heterocycles. The zero-order valence-corrected chi connectivity index (χ0v) is 8.77. The normalized spacial score (nSPS) is 16.8. The Balaban J connectivity index is 1.89. The van der Waals surface area contributed by atoms with Crippen LogP contribution in [0, 0.1) is 5.92 Å². The van der Waals surface area contributed by atoms with Gasteiger partial charge in [0, 0.05) is 24.4 Å². The van der Waals surface area contributed by atoms with Crippen LogP contribution in [0.5, 0.6) is 0 Å². The van der Waals surface area contributed by atoms with Crippen molar-refractivity contribution >= 4 is 5.91 Å². The van der Waals surface area contributed by atoms with Crippen LogP contribution < -0.4 is 10.9 Å². The van der Waals surface area contributed by atoms with Crippen molar-refractivity contribution in [2.45, 2.75) is 18.9 Å². The molecule has 3 N–H and O–H groups in total. The second-order valence-corrected chi connectivity index (χ2v) is 4.06. The van der Waals surface area contributed by atoms with Crippen molar-refractivity contribution in [2.75, 3.05) is 6.54 Å². The first kappa shape index (κ1) is 10.9. The van der Waals surface area contributed by atoms with Crippen LogP contribution in [0.4, 0.5) is 0 Å². The van der Waals surface area contributed by atoms with Crippen LogP contribution in [-0.4, -0.2) is 28.6 Å². The quantitative estimate of drug-likeness (QED) is 0.664. The van der Waals surface area contributed by atoms with Crippen LogP contribution in [0.1, 0.15) is 23.2 Å². The molecule has 0 spiro atoms. The Bertz CT molecular complexity index is 437. The molecule has 1 aromatic heterocycles. The van der Waals surface area contributed by atoms with E-state index >= 15 is 0 Å². The summed E-state index contributed by atoms with van der Waals surface area (Å²) in [6.07, 6.45) is 3.02. The van der Waals surface area contributed by atoms with Crippen molar-refractivity contribution in [3.8, 4) is 0 Å². The van der Waals surface area contributed by atoms with Gasteiger partial charge in [0.2, 0.25) is 5.56 Å². The smallest absolute Gasteiger partial charge is 0.251 e. The van der Waals surface area contributed by atoms with Gasteiger partial charge in [-0.3, -0.25) is 9.59 Å². The predicted molar refractivity (Wildman–Crippen MR) is 58.1 cm³/mol. The molecule has 1 fully saturated rings. The van der Waals surface area contributed by atoms with Crippen molar-refractivity contribution in [1.82, 2.24) is 10.3 Å². The van der Waals surface area contributed by atoms with Gasteiger partial charge >= 0.3 is 0 Å². The fourth-order valence-electron chi connectivity index (χ4n) is 1.53. The first-order chi connectivity index (χ1) is 7.66. The fraction of sp³-hybridized carbons (Fsp3) is 0.455. The molecule has 1 atom stereocenters. The maximum absolute atomic E-state index is 11.6. The lowest BCUT2D eigenvalue weighted by molar-refractivity contribution is 0.0901. The number of carbonyl (C=O) groups excluding carboxylic acids is 1. The number of aromatic amines is 1. The van der Waals surface area contributed by atoms with Gasteiger partial charge in [-0.15, -0.1) is 0 Å². The molecule has 1 aliphatic carbocycles. The van der Waals surface area contributed by atoms with Gasteiger partial charge in [0.15, 0.2) is 0 Å². The number of amides is 1. The summed E-state index contributed by atoms with van der Waals surface area (Å²) >= 11 is 0. The molecule has 1 aliphatic rings. The number of aromatic nitrogens is 1. The molecule has 1 aromatic rings. The lowest BCUT2D eigenvalue weighted by Crippen LogP contribution is -2.33. The molecule has 86 valence electrons. The van der Waals surface area contributed by atoms with Crippen molar-refractivity contribution in [3.63, 3.8) is 0 Å². The molecular weight excluding hydrogens is 208 g/mol. The Morgan fingerprint density at radius 2 is 2.38 bits per heavy atom. The zero-order valence-electron chi connectivity index (χ0n) is 8.77. The maximum Gasteiger partial charge on any atom is 0.251 e. The van der Waals surface area contributed by atoms with E-state index in [2.05, 4.69) is 10.3 Å². The molecule has 1 unspecified atom stereocenters. The zero-order chi connectivity index (χ0) is 11.5. The lowest BCUT2D eigenvalue weighted by atomic mass is 10.2. The minimum Gasteiger partial charge on any atom is -0.391 e. The Morgan fingerprint density at radius 1 is 1.62 bits per heavy atom. The Morgan fingerprint density at radius 3 is 3.00 bits per heavy atom. The van der Waals surface area contributed by atoms with Crippen LogP contribution in [0.2, 0.25) is 0 Å². The van der Waals surface area contributed by atoms with Gasteiger partial charge in [-0.1, -0.05) is 0 Å². The molecule has 0 bridgehead atoms. The summed E-state index contributed by atoms with van der Waals surface area (Å²) in [6, 6.07) is 2.76. The largest absolute Gasteiger partial charge is 0.391 e. The number of nitrogens with one attached hydrogen (secondary N) is 2. The summed E-state index contributed by atoms with van der Waals surface area (Å²) in [7, 11) is 0. The van der Waals surface area contributed by atoms with Crippen molar-refractivity contribution < 1.29 is 9.90 Å². The minimum atomic E-state index is -0.467. The van der Waals surface area contributed by atoms with Crippen molar-refractivity contribution in [2.24, 2.45) is 5.92 Å². The summed E-state index contributed by atoms with van der Waals surface area (Å²) in [5, 5.41) is 12.2. The summed E-state index contributed by atoms with van der Waals surface area (Å²) in [5.41, 5.74) is 0.00198. The Kier molecular flexibility index (Phi) is 3.05. The molecule has 5 nitrogen and oxygen atoms in total. The topological polar surface area (TPSA) is 82.2 Å². The van der Waals surface area contributed by atoms with E-state index in [0.717, 1.165) is 12.8 Å². The summed E-state index contributed by atoms with van der Waals surface area (Å²) in [5.74, 6) is 0.00489. The van der Waals surface area contributed by atoms with E-state index in [4.69, 9.17) is 0 Å². The predicted octanol–water partition coefficient (Wildman–Crippen LogP) is -0.124. The molecular formula is C11H14N2O3. The molecule has 1 saturated carbocycles. The van der Waals surface area contributed by atoms with Gasteiger partial charge in [0.25, 0.3) is 5.91 Å². The number of aliphatic hydroxyl groups is 1. The minimum absolute atomic E-state index is 0.246. The van der Waals surface area contributed by atoms with E-state index in [9.17, 15) is 14.7 Å². The Labute approximate surface area is 92.5 Å². The van der Waals surface area contributed by atoms with E-state index in [1.165, 1.54) is 18.3 Å². The molecule has 16 heavy (non-hydrogen) atoms. The monoisotopic (exact) mass is 222 g/mol. The van der Waals surface area contributed by atoms with Gasteiger partial charge in [0.05, 0.1) is 6.10 Å². The third-order valence-electron chi connectivity index (χ3n) is 2.68. The van der Waals surface area contributed by atoms with Crippen LogP contribution in [-0.2, 0) is 0 Å². The number of aliphatic hydroxyl groups excluding tert-OH is 1. The SMILES string of the molecule is O=C(NCC(O)C1CC1)c1cc[nH]c(=O)c1. The van der Waals surface area contributed by atoms with E-state index in [0.29, 0.717) is 11.5 Å². The van der Waals surface area contributed by atoms with Crippen molar-refractivity contribution in [1.29, 1.82) is 0 Å². The van der Waals surface area contributed by atoms with Crippen molar-refractivity contribution in [3.05, 3.63) is 34.2 Å². The highest BCUT2D eigenvalue weighted by molar-refractivity contribution is 5.93. The van der Waals surface area contributed by atoms with Crippen LogP contribution >= 0.6 is 0 Å². The molecule has 1 heterocycles. The molecule has 0 radical (unpaired) electrons. The van der Waals surface area contributed by atoms with E-state index in [1.54, 1.807) is 0 Å². The highest BCUT2D eigenvalue weighted by Gasteiger charge is 2.29. The molecule has 0 saturated heterocycles. The highest BCUT2D eigenvalue weighted by Crippen LogP contribution is 2.32. The summed E-state index contributed by atoms with van der Waals surface area (Å²) < 4.78 is 0. The van der Waals surface area contributed by atoms with Crippen LogP contribution in [0.3, 0.4) is 0 Å². The lowest BCUT2D eigenvalue weighted by Gasteiger charge is -2.10. The maximum atomic E-state index is 11.6. The molecule has 1 amide bonds. The van der Waals surface area contributed by atoms with Gasteiger partial charge in [0.1, 0.15) is 0 Å². The van der Waals surface area contributed by atoms with Gasteiger partial charge in [-0.2, -0.15) is 0 Å². The third kappa shape index (κ3) is 2.70. The average molecular weight is 222 g/mol. The van der Waals surface area contributed by atoms with Gasteiger partial charge < -0.3 is 15.4 Å². The second kappa shape index (κ2) is 4.49. The Hall–Kier alpha value is -1.62. The van der Waals surface area contributed by atoms with E-state index in [1.807, 2.05) is 0 Å². The van der Waals surface area contributed by atoms with Crippen LogP contribution in [0.15, 0.2) is 23.1 Å². The number of rotatable bonds is 4. The van der Waals surface area contributed by atoms with Gasteiger partial charge in [-0.25, -0.2) is 0 Å². The molecule has 2 rings (SSSR count). The number of H-pyrrole nitrogens is 1. The van der Waals surface area contributed by atoms with E-state index in [-0.39, 0.29) is 18.0 Å². The molecule has 5 heteroatoms. The number of pyridine rings is 1. The fourth-order valence-corrected chi connectivity index (χ4v) is 1.53. The van der Waals surface area contributed by atoms with E-state index < -0.39 is 6.10 Å². The molecule has 0 aromatic carbocycles. The van der Waals surface area contributed by atoms with Crippen LogP contribution in [0.25, 0.3) is 0 Å². The number of hydrogen-bond acceptors (Lipinski definition) is 3. The first-order valence-corrected chi connectivity index (χ1v) is 5.32. The number of carbonyl (C=O) groups is 1. The average Bonchev–Trinajstić information content (AvgIpc) is 3.09. The highest BCUT2D eigenvalue weighted by atomic mass is 16.3. The second-order valence-electron chi connectivity index (χ2n) is 4.06.